The standard InChI is InChI=1S/C9H15N3O/c1-6(2)8-9(13-3)7(4-10)11-5-12-8/h5-6H,4,10H2,1-3H3. The van der Waals surface area contributed by atoms with Gasteiger partial charge in [0.05, 0.1) is 18.5 Å². The van der Waals surface area contributed by atoms with Gasteiger partial charge in [0.2, 0.25) is 0 Å². The Labute approximate surface area is 78.1 Å². The van der Waals surface area contributed by atoms with E-state index in [2.05, 4.69) is 23.8 Å². The van der Waals surface area contributed by atoms with Crippen LogP contribution in [0.3, 0.4) is 0 Å². The zero-order valence-corrected chi connectivity index (χ0v) is 8.24. The van der Waals surface area contributed by atoms with Crippen LogP contribution in [0.1, 0.15) is 31.2 Å². The molecule has 0 aliphatic heterocycles. The minimum atomic E-state index is 0.322. The molecule has 1 rings (SSSR count). The van der Waals surface area contributed by atoms with Crippen molar-refractivity contribution in [2.75, 3.05) is 7.11 Å². The Balaban J connectivity index is 3.19. The van der Waals surface area contributed by atoms with E-state index in [-0.39, 0.29) is 0 Å². The highest BCUT2D eigenvalue weighted by molar-refractivity contribution is 5.33. The molecule has 1 heterocycles. The van der Waals surface area contributed by atoms with Gasteiger partial charge in [0.15, 0.2) is 5.75 Å². The fourth-order valence-electron chi connectivity index (χ4n) is 1.20. The average Bonchev–Trinajstić information content (AvgIpc) is 2.16. The monoisotopic (exact) mass is 181 g/mol. The SMILES string of the molecule is COc1c(CN)ncnc1C(C)C. The summed E-state index contributed by atoms with van der Waals surface area (Å²) in [5.74, 6) is 1.04. The van der Waals surface area contributed by atoms with Crippen molar-refractivity contribution < 1.29 is 4.74 Å². The van der Waals surface area contributed by atoms with Crippen molar-refractivity contribution in [2.45, 2.75) is 26.3 Å². The van der Waals surface area contributed by atoms with E-state index in [1.807, 2.05) is 0 Å². The molecule has 0 aliphatic rings. The summed E-state index contributed by atoms with van der Waals surface area (Å²) >= 11 is 0. The van der Waals surface area contributed by atoms with Crippen LogP contribution in [-0.4, -0.2) is 17.1 Å². The lowest BCUT2D eigenvalue weighted by atomic mass is 10.1. The summed E-state index contributed by atoms with van der Waals surface area (Å²) in [5, 5.41) is 0. The minimum Gasteiger partial charge on any atom is -0.493 e. The molecule has 1 aromatic heterocycles. The Bertz CT molecular complexity index is 286. The van der Waals surface area contributed by atoms with Crippen LogP contribution in [0.5, 0.6) is 5.75 Å². The maximum Gasteiger partial charge on any atom is 0.163 e. The molecule has 72 valence electrons. The molecule has 0 radical (unpaired) electrons. The summed E-state index contributed by atoms with van der Waals surface area (Å²) in [7, 11) is 1.61. The summed E-state index contributed by atoms with van der Waals surface area (Å²) in [6, 6.07) is 0. The van der Waals surface area contributed by atoms with Gasteiger partial charge in [0.1, 0.15) is 6.33 Å². The topological polar surface area (TPSA) is 61.0 Å². The van der Waals surface area contributed by atoms with Crippen LogP contribution in [0.15, 0.2) is 6.33 Å². The summed E-state index contributed by atoms with van der Waals surface area (Å²) in [6.07, 6.45) is 1.53. The summed E-state index contributed by atoms with van der Waals surface area (Å²) in [4.78, 5) is 8.22. The highest BCUT2D eigenvalue weighted by Gasteiger charge is 2.12. The first kappa shape index (κ1) is 9.92. The van der Waals surface area contributed by atoms with E-state index < -0.39 is 0 Å². The quantitative estimate of drug-likeness (QED) is 0.757. The molecule has 0 bridgehead atoms. The number of methoxy groups -OCH3 is 1. The first-order valence-electron chi connectivity index (χ1n) is 4.28. The fourth-order valence-corrected chi connectivity index (χ4v) is 1.20. The molecule has 0 unspecified atom stereocenters. The molecule has 0 aromatic carbocycles. The Morgan fingerprint density at radius 2 is 2.15 bits per heavy atom. The van der Waals surface area contributed by atoms with Crippen LogP contribution >= 0.6 is 0 Å². The van der Waals surface area contributed by atoms with Crippen LogP contribution < -0.4 is 10.5 Å². The lowest BCUT2D eigenvalue weighted by Gasteiger charge is -2.12. The van der Waals surface area contributed by atoms with E-state index in [1.54, 1.807) is 7.11 Å². The highest BCUT2D eigenvalue weighted by Crippen LogP contribution is 2.25. The normalized spacial score (nSPS) is 10.5. The number of rotatable bonds is 3. The van der Waals surface area contributed by atoms with Crippen molar-refractivity contribution in [3.63, 3.8) is 0 Å². The van der Waals surface area contributed by atoms with Crippen molar-refractivity contribution in [3.05, 3.63) is 17.7 Å². The van der Waals surface area contributed by atoms with Gasteiger partial charge in [-0.3, -0.25) is 0 Å². The second kappa shape index (κ2) is 4.18. The second-order valence-corrected chi connectivity index (χ2v) is 3.10. The predicted octanol–water partition coefficient (Wildman–Crippen LogP) is 1.07. The Morgan fingerprint density at radius 3 is 2.62 bits per heavy atom. The molecule has 13 heavy (non-hydrogen) atoms. The van der Waals surface area contributed by atoms with Gasteiger partial charge in [-0.15, -0.1) is 0 Å². The van der Waals surface area contributed by atoms with Gasteiger partial charge < -0.3 is 10.5 Å². The molecule has 0 atom stereocenters. The van der Waals surface area contributed by atoms with E-state index in [9.17, 15) is 0 Å². The molecule has 0 saturated carbocycles. The number of nitrogens with two attached hydrogens (primary N) is 1. The van der Waals surface area contributed by atoms with Gasteiger partial charge in [-0.05, 0) is 5.92 Å². The van der Waals surface area contributed by atoms with Crippen LogP contribution in [0, 0.1) is 0 Å². The van der Waals surface area contributed by atoms with Crippen LogP contribution in [0.25, 0.3) is 0 Å². The summed E-state index contributed by atoms with van der Waals surface area (Å²) in [5.41, 5.74) is 7.20. The van der Waals surface area contributed by atoms with Crippen LogP contribution in [0.4, 0.5) is 0 Å². The average molecular weight is 181 g/mol. The van der Waals surface area contributed by atoms with Crippen molar-refractivity contribution in [1.29, 1.82) is 0 Å². The molecule has 0 spiro atoms. The lowest BCUT2D eigenvalue weighted by molar-refractivity contribution is 0.395. The highest BCUT2D eigenvalue weighted by atomic mass is 16.5. The van der Waals surface area contributed by atoms with Crippen molar-refractivity contribution in [1.82, 2.24) is 9.97 Å². The minimum absolute atomic E-state index is 0.322. The maximum atomic E-state index is 5.52. The Kier molecular flexibility index (Phi) is 3.19. The molecule has 2 N–H and O–H groups in total. The van der Waals surface area contributed by atoms with Crippen molar-refractivity contribution in [3.8, 4) is 5.75 Å². The molecule has 1 aromatic rings. The zero-order valence-electron chi connectivity index (χ0n) is 8.24. The maximum absolute atomic E-state index is 5.52. The third kappa shape index (κ3) is 1.95. The zero-order chi connectivity index (χ0) is 9.84. The molecular weight excluding hydrogens is 166 g/mol. The lowest BCUT2D eigenvalue weighted by Crippen LogP contribution is -2.07. The molecule has 4 heteroatoms. The first-order valence-corrected chi connectivity index (χ1v) is 4.28. The number of hydrogen-bond acceptors (Lipinski definition) is 4. The van der Waals surface area contributed by atoms with E-state index in [0.29, 0.717) is 12.5 Å². The molecule has 4 nitrogen and oxygen atoms in total. The van der Waals surface area contributed by atoms with E-state index in [0.717, 1.165) is 17.1 Å². The molecule has 0 aliphatic carbocycles. The second-order valence-electron chi connectivity index (χ2n) is 3.10. The van der Waals surface area contributed by atoms with Crippen LogP contribution in [0.2, 0.25) is 0 Å². The van der Waals surface area contributed by atoms with E-state index in [4.69, 9.17) is 10.5 Å². The Morgan fingerprint density at radius 1 is 1.46 bits per heavy atom. The first-order chi connectivity index (χ1) is 6.20. The van der Waals surface area contributed by atoms with Gasteiger partial charge in [-0.25, -0.2) is 9.97 Å². The third-order valence-corrected chi connectivity index (χ3v) is 1.85. The summed E-state index contributed by atoms with van der Waals surface area (Å²) < 4.78 is 5.22. The molecule has 0 fully saturated rings. The van der Waals surface area contributed by atoms with Gasteiger partial charge in [-0.2, -0.15) is 0 Å². The smallest absolute Gasteiger partial charge is 0.163 e. The molecule has 0 saturated heterocycles. The predicted molar refractivity (Wildman–Crippen MR) is 50.6 cm³/mol. The molecular formula is C9H15N3O. The fraction of sp³-hybridized carbons (Fsp3) is 0.556. The summed E-state index contributed by atoms with van der Waals surface area (Å²) in [6.45, 7) is 4.50. The van der Waals surface area contributed by atoms with E-state index >= 15 is 0 Å². The number of nitrogens with zero attached hydrogens (tertiary/aromatic N) is 2. The van der Waals surface area contributed by atoms with Gasteiger partial charge in [0.25, 0.3) is 0 Å². The van der Waals surface area contributed by atoms with Gasteiger partial charge in [-0.1, -0.05) is 13.8 Å². The van der Waals surface area contributed by atoms with Crippen LogP contribution in [-0.2, 0) is 6.54 Å². The third-order valence-electron chi connectivity index (χ3n) is 1.85. The number of aromatic nitrogens is 2. The Hall–Kier alpha value is -1.16. The molecule has 0 amide bonds. The van der Waals surface area contributed by atoms with Crippen molar-refractivity contribution in [2.24, 2.45) is 5.73 Å². The largest absolute Gasteiger partial charge is 0.493 e. The number of ether oxygens (including phenoxy) is 1. The number of hydrogen-bond donors (Lipinski definition) is 1. The van der Waals surface area contributed by atoms with Crippen molar-refractivity contribution >= 4 is 0 Å². The van der Waals surface area contributed by atoms with Gasteiger partial charge >= 0.3 is 0 Å². The van der Waals surface area contributed by atoms with Gasteiger partial charge in [0, 0.05) is 6.54 Å². The van der Waals surface area contributed by atoms with E-state index in [1.165, 1.54) is 6.33 Å².